The predicted molar refractivity (Wildman–Crippen MR) is 370 cm³/mol. The quantitative estimate of drug-likeness (QED) is 0.0169. The first-order valence-electron chi connectivity index (χ1n) is 35.4. The molecular weight excluding hydrogens is 1220 g/mol. The zero-order chi connectivity index (χ0) is 67.4. The van der Waals surface area contributed by atoms with Gasteiger partial charge < -0.3 is 33.5 Å². The summed E-state index contributed by atoms with van der Waals surface area (Å²) in [4.78, 5) is 90.9. The lowest BCUT2D eigenvalue weighted by Gasteiger charge is -2.42. The van der Waals surface area contributed by atoms with E-state index >= 15 is 0 Å². The van der Waals surface area contributed by atoms with Crippen molar-refractivity contribution in [3.63, 3.8) is 0 Å². The van der Waals surface area contributed by atoms with Gasteiger partial charge >= 0.3 is 30.0 Å². The van der Waals surface area contributed by atoms with E-state index in [1.807, 2.05) is 31.9 Å². The highest BCUT2D eigenvalue weighted by Crippen LogP contribution is 2.36. The molecular formula is C74H112Cl2N6O11. The highest BCUT2D eigenvalue weighted by molar-refractivity contribution is 6.37. The van der Waals surface area contributed by atoms with E-state index in [0.29, 0.717) is 61.2 Å². The number of amides is 1. The fourth-order valence-electron chi connectivity index (χ4n) is 11.8. The second kappa shape index (κ2) is 47.8. The number of hydrogen-bond acceptors (Lipinski definition) is 15. The number of anilines is 1. The summed E-state index contributed by atoms with van der Waals surface area (Å²) >= 11 is 13.2. The van der Waals surface area contributed by atoms with Crippen LogP contribution in [0.2, 0.25) is 10.0 Å². The highest BCUT2D eigenvalue weighted by Gasteiger charge is 2.33. The molecule has 0 aliphatic carbocycles. The Labute approximate surface area is 566 Å². The topological polar surface area (TPSA) is 210 Å². The van der Waals surface area contributed by atoms with Gasteiger partial charge in [0.15, 0.2) is 17.5 Å². The molecule has 3 heterocycles. The standard InChI is InChI=1S/C74H112Cl2N6O11/c1-7-9-11-13-15-17-19-21-23-25-27-29-31-33-35-40-67(84)89-54-61(55-90-68(85)41-36-34-32-30-28-26-24-22-20-18-16-14-12-10-8-2)92-69(86)48-57(3)38-37-39-58(4)49-70(87)93-71-63(75)50-60(51-64(71)76)53-91-74(88)82-47-44-62-72(78-56-79-73(62)82)80(6)65-52-81(46-43-59(65)5)66(83)42-45-77/h21-24,44,47,50-51,56-59,61,65H,7-20,25-43,46,48-49,52-55H2,1-6H3. The number of rotatable bonds is 49. The zero-order valence-corrected chi connectivity index (χ0v) is 58.8. The lowest BCUT2D eigenvalue weighted by molar-refractivity contribution is -0.167. The van der Waals surface area contributed by atoms with Crippen molar-refractivity contribution in [2.24, 2.45) is 17.8 Å². The third-order valence-electron chi connectivity index (χ3n) is 17.5. The maximum absolute atomic E-state index is 13.5. The molecule has 17 nitrogen and oxygen atoms in total. The molecule has 518 valence electrons. The molecule has 3 aromatic rings. The van der Waals surface area contributed by atoms with Crippen LogP contribution in [0.25, 0.3) is 11.0 Å². The van der Waals surface area contributed by atoms with E-state index in [9.17, 15) is 28.8 Å². The van der Waals surface area contributed by atoms with Crippen molar-refractivity contribution in [1.29, 1.82) is 5.26 Å². The highest BCUT2D eigenvalue weighted by atomic mass is 35.5. The fourth-order valence-corrected chi connectivity index (χ4v) is 12.4. The maximum Gasteiger partial charge on any atom is 0.420 e. The Morgan fingerprint density at radius 1 is 0.667 bits per heavy atom. The summed E-state index contributed by atoms with van der Waals surface area (Å²) in [6, 6.07) is 6.62. The summed E-state index contributed by atoms with van der Waals surface area (Å²) in [5, 5.41) is 9.82. The Hall–Kier alpha value is -5.99. The Balaban J connectivity index is 1.17. The second-order valence-electron chi connectivity index (χ2n) is 25.9. The summed E-state index contributed by atoms with van der Waals surface area (Å²) in [5.41, 5.74) is 0.787. The number of nitriles is 1. The summed E-state index contributed by atoms with van der Waals surface area (Å²) in [5.74, 6) is -1.27. The molecule has 4 rings (SSSR count). The SMILES string of the molecule is CCCCCCCCC=CCCCCCCCC(=O)OCC(COC(=O)CCCCCCCC=CCCCCCCCC)OC(=O)CC(C)CCCC(C)CC(=O)Oc1c(Cl)cc(COC(=O)n2ccc3c(N(C)C4CN(C(=O)CC#N)CCC4C)ncnc32)cc1Cl. The summed E-state index contributed by atoms with van der Waals surface area (Å²) in [7, 11) is 1.89. The number of carbonyl (C=O) groups excluding carboxylic acids is 6. The van der Waals surface area contributed by atoms with Crippen molar-refractivity contribution in [1.82, 2.24) is 19.4 Å². The molecule has 1 fully saturated rings. The minimum Gasteiger partial charge on any atom is -0.462 e. The van der Waals surface area contributed by atoms with Crippen LogP contribution in [0.3, 0.4) is 0 Å². The van der Waals surface area contributed by atoms with Gasteiger partial charge in [-0.05, 0) is 112 Å². The first-order chi connectivity index (χ1) is 45.0. The van der Waals surface area contributed by atoms with Gasteiger partial charge in [-0.15, -0.1) is 0 Å². The molecule has 0 radical (unpaired) electrons. The minimum absolute atomic E-state index is 0.00740. The average Bonchev–Trinajstić information content (AvgIpc) is 1.71. The molecule has 0 spiro atoms. The van der Waals surface area contributed by atoms with Crippen LogP contribution >= 0.6 is 23.2 Å². The molecule has 4 atom stereocenters. The number of carbonyl (C=O) groups is 6. The van der Waals surface area contributed by atoms with E-state index in [4.69, 9.17) is 52.1 Å². The minimum atomic E-state index is -0.930. The number of hydrogen-bond donors (Lipinski definition) is 0. The Kier molecular flexibility index (Phi) is 40.9. The number of unbranched alkanes of at least 4 members (excludes halogenated alkanes) is 22. The van der Waals surface area contributed by atoms with Crippen LogP contribution in [0.5, 0.6) is 5.75 Å². The number of allylic oxidation sites excluding steroid dienone is 4. The third kappa shape index (κ3) is 32.8. The predicted octanol–water partition coefficient (Wildman–Crippen LogP) is 18.7. The summed E-state index contributed by atoms with van der Waals surface area (Å²) in [6.45, 7) is 10.9. The molecule has 0 N–H and O–H groups in total. The molecule has 0 bridgehead atoms. The van der Waals surface area contributed by atoms with Crippen molar-refractivity contribution in [3.8, 4) is 11.8 Å². The van der Waals surface area contributed by atoms with Gasteiger partial charge in [0.2, 0.25) is 5.91 Å². The van der Waals surface area contributed by atoms with Crippen molar-refractivity contribution in [3.05, 3.63) is 70.6 Å². The van der Waals surface area contributed by atoms with E-state index in [-0.39, 0.29) is 109 Å². The Morgan fingerprint density at radius 3 is 1.68 bits per heavy atom. The monoisotopic (exact) mass is 1330 g/mol. The number of likely N-dealkylation sites (tertiary alicyclic amines) is 1. The number of halogens is 2. The smallest absolute Gasteiger partial charge is 0.420 e. The number of nitrogens with zero attached hydrogens (tertiary/aromatic N) is 6. The first kappa shape index (κ1) is 79.4. The molecule has 1 amide bonds. The van der Waals surface area contributed by atoms with E-state index in [1.54, 1.807) is 17.2 Å². The van der Waals surface area contributed by atoms with E-state index in [1.165, 1.54) is 100 Å². The fraction of sp³-hybridized carbons (Fsp3) is 0.689. The molecule has 1 aliphatic heterocycles. The van der Waals surface area contributed by atoms with Gasteiger partial charge in [0.25, 0.3) is 0 Å². The maximum atomic E-state index is 13.5. The number of piperidine rings is 1. The molecule has 93 heavy (non-hydrogen) atoms. The number of likely N-dealkylation sites (N-methyl/N-ethyl adjacent to an activating group) is 1. The van der Waals surface area contributed by atoms with Crippen molar-refractivity contribution >= 4 is 75.9 Å². The van der Waals surface area contributed by atoms with Gasteiger partial charge in [-0.25, -0.2) is 19.3 Å². The molecule has 1 aromatic carbocycles. The van der Waals surface area contributed by atoms with Crippen LogP contribution in [0.4, 0.5) is 10.6 Å². The largest absolute Gasteiger partial charge is 0.462 e. The van der Waals surface area contributed by atoms with Gasteiger partial charge in [0.1, 0.15) is 38.4 Å². The van der Waals surface area contributed by atoms with Gasteiger partial charge in [0.05, 0.1) is 27.5 Å². The van der Waals surface area contributed by atoms with E-state index in [2.05, 4.69) is 55.0 Å². The average molecular weight is 1330 g/mol. The number of aromatic nitrogens is 3. The number of esters is 4. The zero-order valence-electron chi connectivity index (χ0n) is 57.3. The lowest BCUT2D eigenvalue weighted by atomic mass is 9.92. The number of benzene rings is 1. The van der Waals surface area contributed by atoms with Crippen LogP contribution in [-0.4, -0.2) is 101 Å². The molecule has 0 saturated carbocycles. The van der Waals surface area contributed by atoms with Crippen molar-refractivity contribution < 1.29 is 52.5 Å². The van der Waals surface area contributed by atoms with Gasteiger partial charge in [-0.3, -0.25) is 24.0 Å². The van der Waals surface area contributed by atoms with E-state index < -0.39 is 24.1 Å². The molecule has 4 unspecified atom stereocenters. The Morgan fingerprint density at radius 2 is 1.16 bits per heavy atom. The lowest BCUT2D eigenvalue weighted by Crippen LogP contribution is -2.52. The van der Waals surface area contributed by atoms with Crippen LogP contribution in [0, 0.1) is 29.1 Å². The second-order valence-corrected chi connectivity index (χ2v) is 26.7. The van der Waals surface area contributed by atoms with E-state index in [0.717, 1.165) is 89.9 Å². The molecule has 2 aromatic heterocycles. The van der Waals surface area contributed by atoms with Crippen molar-refractivity contribution in [2.45, 2.75) is 278 Å². The summed E-state index contributed by atoms with van der Waals surface area (Å²) in [6.07, 6.45) is 44.1. The van der Waals surface area contributed by atoms with Crippen LogP contribution in [-0.2, 0) is 49.5 Å². The number of ether oxygens (including phenoxy) is 5. The van der Waals surface area contributed by atoms with Crippen LogP contribution < -0.4 is 9.64 Å². The van der Waals surface area contributed by atoms with Gasteiger partial charge in [0, 0.05) is 52.0 Å². The summed E-state index contributed by atoms with van der Waals surface area (Å²) < 4.78 is 29.6. The third-order valence-corrected chi connectivity index (χ3v) is 18.1. The van der Waals surface area contributed by atoms with Gasteiger partial charge in [-0.1, -0.05) is 204 Å². The molecule has 1 aliphatic rings. The normalized spacial score (nSPS) is 15.1. The Bertz CT molecular complexity index is 2700. The first-order valence-corrected chi connectivity index (χ1v) is 36.2. The van der Waals surface area contributed by atoms with Crippen LogP contribution in [0.15, 0.2) is 55.0 Å². The molecule has 1 saturated heterocycles. The van der Waals surface area contributed by atoms with Crippen LogP contribution in [0.1, 0.15) is 265 Å². The van der Waals surface area contributed by atoms with Gasteiger partial charge in [-0.2, -0.15) is 5.26 Å². The molecule has 19 heteroatoms. The number of fused-ring (bicyclic) bond motifs is 1. The van der Waals surface area contributed by atoms with Crippen molar-refractivity contribution in [2.75, 3.05) is 38.3 Å².